The topological polar surface area (TPSA) is 282 Å². The van der Waals surface area contributed by atoms with E-state index in [1.54, 1.807) is 0 Å². The monoisotopic (exact) mass is 695 g/mol. The Morgan fingerprint density at radius 3 is 1.04 bits per heavy atom. The van der Waals surface area contributed by atoms with Gasteiger partial charge in [0.15, 0.2) is 15.1 Å². The van der Waals surface area contributed by atoms with Crippen molar-refractivity contribution in [3.63, 3.8) is 0 Å². The smallest absolute Gasteiger partial charge is 0.258 e. The Bertz CT molecular complexity index is 1260. The van der Waals surface area contributed by atoms with Gasteiger partial charge in [-0.25, -0.2) is 30.3 Å². The van der Waals surface area contributed by atoms with Crippen molar-refractivity contribution in [2.45, 2.75) is 11.3 Å². The molecule has 1 aliphatic heterocycles. The molecule has 258 valence electrons. The number of hydrogen-bond acceptors (Lipinski definition) is 16. The zero-order valence-electron chi connectivity index (χ0n) is 21.7. The summed E-state index contributed by atoms with van der Waals surface area (Å²) >= 11 is 0. The maximum absolute atomic E-state index is 13.0. The minimum atomic E-state index is -4.05. The fourth-order valence-electron chi connectivity index (χ4n) is 3.54. The summed E-state index contributed by atoms with van der Waals surface area (Å²) in [7, 11) is 0.751. The highest BCUT2D eigenvalue weighted by molar-refractivity contribution is 5.76. The molecule has 2 rings (SSSR count). The lowest BCUT2D eigenvalue weighted by atomic mass is 10.1. The summed E-state index contributed by atoms with van der Waals surface area (Å²) in [5.74, 6) is 0. The van der Waals surface area contributed by atoms with E-state index in [0.717, 1.165) is 7.05 Å². The van der Waals surface area contributed by atoms with E-state index >= 15 is 0 Å². The molecule has 0 saturated carbocycles. The third-order valence-corrected chi connectivity index (χ3v) is 5.69. The van der Waals surface area contributed by atoms with E-state index < -0.39 is 122 Å². The first kappa shape index (κ1) is 38.3. The molecule has 0 unspecified atom stereocenters. The Morgan fingerprint density at radius 2 is 0.870 bits per heavy atom. The largest absolute Gasteiger partial charge is 0.312 e. The van der Waals surface area contributed by atoms with Gasteiger partial charge in [0.1, 0.15) is 26.2 Å². The minimum absolute atomic E-state index is 0.0555. The van der Waals surface area contributed by atoms with Gasteiger partial charge in [-0.1, -0.05) is 40.9 Å². The van der Waals surface area contributed by atoms with Gasteiger partial charge in [0.2, 0.25) is 11.3 Å². The van der Waals surface area contributed by atoms with Crippen molar-refractivity contribution in [3.05, 3.63) is 72.8 Å². The lowest BCUT2D eigenvalue weighted by Gasteiger charge is -2.42. The molecule has 0 radical (unpaired) electrons. The zero-order chi connectivity index (χ0) is 36.1. The highest BCUT2D eigenvalue weighted by Crippen LogP contribution is 2.40. The van der Waals surface area contributed by atoms with E-state index in [0.29, 0.717) is 12.1 Å². The summed E-state index contributed by atoms with van der Waals surface area (Å²) in [5, 5.41) is 49.1. The number of nitrogens with zero attached hydrogens (tertiary/aromatic N) is 13. The number of nitro groups is 6. The Labute approximate surface area is 243 Å². The van der Waals surface area contributed by atoms with Crippen LogP contribution < -0.4 is 5.01 Å². The van der Waals surface area contributed by atoms with Gasteiger partial charge in [-0.3, -0.25) is 30.3 Å². The van der Waals surface area contributed by atoms with Gasteiger partial charge in [0, 0.05) is 0 Å². The number of hydrogen-bond donors (Lipinski definition) is 0. The van der Waals surface area contributed by atoms with Crippen LogP contribution in [0.3, 0.4) is 0 Å². The molecular weight excluding hydrogens is 682 g/mol. The van der Waals surface area contributed by atoms with Gasteiger partial charge >= 0.3 is 11.4 Å². The molecule has 1 aromatic carbocycles. The minimum Gasteiger partial charge on any atom is -0.258 e. The molecule has 0 spiro atoms. The van der Waals surface area contributed by atoms with Crippen molar-refractivity contribution >= 4 is 22.7 Å². The number of non-ortho nitro benzene ring substituents is 1. The highest BCUT2D eigenvalue weighted by atomic mass is 19.4. The summed E-state index contributed by atoms with van der Waals surface area (Å²) in [4.78, 5) is 61.1. The Kier molecular flexibility index (Phi) is 12.0. The van der Waals surface area contributed by atoms with Crippen LogP contribution in [-0.4, -0.2) is 106 Å². The lowest BCUT2D eigenvalue weighted by Crippen LogP contribution is -2.72. The van der Waals surface area contributed by atoms with Crippen LogP contribution in [0, 0.1) is 60.7 Å². The van der Waals surface area contributed by atoms with Crippen molar-refractivity contribution in [2.75, 3.05) is 38.2 Å². The molecule has 1 heterocycles. The average molecular weight is 695 g/mol. The molecule has 0 atom stereocenters. The number of hydrazine groups is 3. The maximum atomic E-state index is 13.0. The fourth-order valence-corrected chi connectivity index (χ4v) is 3.54. The number of nitro benzene ring substituents is 3. The van der Waals surface area contributed by atoms with Gasteiger partial charge < -0.3 is 0 Å². The molecule has 0 aliphatic carbocycles. The number of anilines is 1. The summed E-state index contributed by atoms with van der Waals surface area (Å²) in [6.45, 7) is -8.58. The highest BCUT2D eigenvalue weighted by Gasteiger charge is 2.62. The van der Waals surface area contributed by atoms with E-state index in [1.807, 2.05) is 0 Å². The molecule has 0 aromatic heterocycles. The molecule has 1 fully saturated rings. The SMILES string of the molecule is CN(c1c([N+](=O)[O-])cc([N+](=O)[O-])cc1[N+](=O)[O-])[N+](=O)[O-].O=[N+]([O-])N1CC(N(F)F)(N(F)F)CN([N+](=O)[O-])CC(N(F)F)(N(F)F)C1. The van der Waals surface area contributed by atoms with Crippen LogP contribution in [0.4, 0.5) is 58.6 Å². The lowest BCUT2D eigenvalue weighted by molar-refractivity contribution is -0.691. The van der Waals surface area contributed by atoms with Crippen LogP contribution in [0.15, 0.2) is 12.1 Å². The Balaban J connectivity index is 0.000000476. The van der Waals surface area contributed by atoms with Crippen LogP contribution in [-0.2, 0) is 0 Å². The van der Waals surface area contributed by atoms with E-state index in [1.165, 1.54) is 0 Å². The van der Waals surface area contributed by atoms with Crippen molar-refractivity contribution in [3.8, 4) is 0 Å². The number of halogens is 8. The van der Waals surface area contributed by atoms with E-state index in [-0.39, 0.29) is 5.01 Å². The van der Waals surface area contributed by atoms with Crippen LogP contribution in [0.25, 0.3) is 0 Å². The molecule has 1 aromatic rings. The second-order valence-electron chi connectivity index (χ2n) is 8.38. The van der Waals surface area contributed by atoms with Crippen LogP contribution >= 0.6 is 0 Å². The standard InChI is InChI=1S/C7H5N5O8.C6H8F8N8O4/c1-8(12(19)20)7-5(10(15)16)2-4(9(13)14)3-6(7)11(17)18;7-17(8)5(18(9)10)1-15(21(23)24)3-6(19(11)12,20(13)14)4-16(2-5)22(25)26/h2-3H,1H3;1-4H2. The van der Waals surface area contributed by atoms with Gasteiger partial charge in [0.25, 0.3) is 11.4 Å². The van der Waals surface area contributed by atoms with E-state index in [9.17, 15) is 96.5 Å². The number of rotatable bonds is 11. The molecule has 46 heavy (non-hydrogen) atoms. The predicted octanol–water partition coefficient (Wildman–Crippen LogP) is 1.70. The summed E-state index contributed by atoms with van der Waals surface area (Å²) in [6, 6.07) is 0.838. The normalized spacial score (nSPS) is 15.9. The first-order valence-corrected chi connectivity index (χ1v) is 10.7. The van der Waals surface area contributed by atoms with Gasteiger partial charge in [-0.2, -0.15) is 0 Å². The van der Waals surface area contributed by atoms with Crippen LogP contribution in [0.2, 0.25) is 0 Å². The molecule has 1 saturated heterocycles. The van der Waals surface area contributed by atoms with Crippen LogP contribution in [0.1, 0.15) is 0 Å². The second-order valence-corrected chi connectivity index (χ2v) is 8.38. The summed E-state index contributed by atoms with van der Waals surface area (Å²) < 4.78 is 104. The first-order valence-electron chi connectivity index (χ1n) is 10.7. The third kappa shape index (κ3) is 7.87. The van der Waals surface area contributed by atoms with E-state index in [4.69, 9.17) is 0 Å². The van der Waals surface area contributed by atoms with Crippen molar-refractivity contribution in [1.82, 2.24) is 31.4 Å². The zero-order valence-corrected chi connectivity index (χ0v) is 21.7. The van der Waals surface area contributed by atoms with Crippen molar-refractivity contribution in [1.29, 1.82) is 0 Å². The second kappa shape index (κ2) is 14.4. The maximum Gasteiger partial charge on any atom is 0.312 e. The Morgan fingerprint density at radius 1 is 0.587 bits per heavy atom. The van der Waals surface area contributed by atoms with Crippen LogP contribution in [0.5, 0.6) is 0 Å². The van der Waals surface area contributed by atoms with E-state index in [2.05, 4.69) is 0 Å². The molecule has 0 amide bonds. The molecule has 0 bridgehead atoms. The average Bonchev–Trinajstić information content (AvgIpc) is 2.91. The molecular formula is C13H13F8N13O12. The Hall–Kier alpha value is -5.70. The first-order chi connectivity index (χ1) is 21.0. The summed E-state index contributed by atoms with van der Waals surface area (Å²) in [6.07, 6.45) is 0. The van der Waals surface area contributed by atoms with Crippen molar-refractivity contribution in [2.24, 2.45) is 0 Å². The quantitative estimate of drug-likeness (QED) is 0.105. The molecule has 0 N–H and O–H groups in total. The van der Waals surface area contributed by atoms with Crippen molar-refractivity contribution < 1.29 is 65.7 Å². The molecule has 25 nitrogen and oxygen atoms in total. The summed E-state index contributed by atoms with van der Waals surface area (Å²) in [5.41, 5.74) is -12.2. The molecule has 1 aliphatic rings. The van der Waals surface area contributed by atoms with Gasteiger partial charge in [-0.15, -0.1) is 10.0 Å². The van der Waals surface area contributed by atoms with Gasteiger partial charge in [0.05, 0.1) is 55.3 Å². The fraction of sp³-hybridized carbons (Fsp3) is 0.538. The third-order valence-electron chi connectivity index (χ3n) is 5.69. The number of benzene rings is 1. The predicted molar refractivity (Wildman–Crippen MR) is 121 cm³/mol. The molecule has 33 heteroatoms. The van der Waals surface area contributed by atoms with Gasteiger partial charge in [-0.05, 0) is 0 Å².